The fraction of sp³-hybridized carbons (Fsp3) is 0.692. The molecule has 3 unspecified atom stereocenters. The van der Waals surface area contributed by atoms with Gasteiger partial charge >= 0.3 is 0 Å². The molecular weight excluding hydrogens is 212 g/mol. The van der Waals surface area contributed by atoms with Gasteiger partial charge in [0.25, 0.3) is 0 Å². The number of aryl methyl sites for hydroxylation is 1. The molecule has 4 heteroatoms. The third kappa shape index (κ3) is 2.64. The zero-order valence-electron chi connectivity index (χ0n) is 10.9. The first kappa shape index (κ1) is 12.5. The second-order valence-corrected chi connectivity index (χ2v) is 5.07. The van der Waals surface area contributed by atoms with Crippen LogP contribution in [0, 0.1) is 6.92 Å². The maximum atomic E-state index is 6.00. The van der Waals surface area contributed by atoms with Crippen LogP contribution in [-0.4, -0.2) is 33.5 Å². The monoisotopic (exact) mass is 234 g/mol. The molecular formula is C13H22N4. The van der Waals surface area contributed by atoms with E-state index in [4.69, 9.17) is 5.73 Å². The average molecular weight is 234 g/mol. The summed E-state index contributed by atoms with van der Waals surface area (Å²) < 4.78 is 0. The highest BCUT2D eigenvalue weighted by atomic mass is 15.2. The lowest BCUT2D eigenvalue weighted by atomic mass is 9.96. The lowest BCUT2D eigenvalue weighted by molar-refractivity contribution is 0.102. The van der Waals surface area contributed by atoms with Gasteiger partial charge in [0, 0.05) is 31.0 Å². The summed E-state index contributed by atoms with van der Waals surface area (Å²) in [6.07, 6.45) is 5.68. The Balaban J connectivity index is 2.15. The van der Waals surface area contributed by atoms with Gasteiger partial charge in [-0.2, -0.15) is 0 Å². The maximum absolute atomic E-state index is 6.00. The minimum absolute atomic E-state index is 0.325. The zero-order chi connectivity index (χ0) is 12.4. The Morgan fingerprint density at radius 2 is 2.12 bits per heavy atom. The molecule has 3 atom stereocenters. The molecule has 4 nitrogen and oxygen atoms in total. The highest BCUT2D eigenvalue weighted by Gasteiger charge is 2.28. The Hall–Kier alpha value is -1.00. The number of hydrogen-bond acceptors (Lipinski definition) is 4. The average Bonchev–Trinajstić information content (AvgIpc) is 2.29. The quantitative estimate of drug-likeness (QED) is 0.845. The SMILES string of the molecule is Cc1nccnc1C(C)N1CCC(N)CC1C. The van der Waals surface area contributed by atoms with Crippen LogP contribution in [0.3, 0.4) is 0 Å². The first-order chi connectivity index (χ1) is 8.09. The van der Waals surface area contributed by atoms with Crippen LogP contribution in [0.25, 0.3) is 0 Å². The first-order valence-electron chi connectivity index (χ1n) is 6.38. The van der Waals surface area contributed by atoms with Crippen LogP contribution < -0.4 is 5.73 Å². The molecule has 1 aromatic rings. The summed E-state index contributed by atoms with van der Waals surface area (Å²) in [7, 11) is 0. The summed E-state index contributed by atoms with van der Waals surface area (Å²) in [6.45, 7) is 7.55. The van der Waals surface area contributed by atoms with Crippen molar-refractivity contribution in [1.29, 1.82) is 0 Å². The van der Waals surface area contributed by atoms with E-state index in [0.29, 0.717) is 18.1 Å². The van der Waals surface area contributed by atoms with Gasteiger partial charge in [-0.05, 0) is 33.6 Å². The van der Waals surface area contributed by atoms with Crippen LogP contribution in [0.2, 0.25) is 0 Å². The summed E-state index contributed by atoms with van der Waals surface area (Å²) >= 11 is 0. The van der Waals surface area contributed by atoms with Crippen molar-refractivity contribution in [3.05, 3.63) is 23.8 Å². The number of piperidine rings is 1. The highest BCUT2D eigenvalue weighted by molar-refractivity contribution is 5.13. The third-order valence-corrected chi connectivity index (χ3v) is 3.78. The van der Waals surface area contributed by atoms with Crippen LogP contribution in [0.4, 0.5) is 0 Å². The van der Waals surface area contributed by atoms with Gasteiger partial charge in [-0.25, -0.2) is 0 Å². The molecule has 1 fully saturated rings. The minimum Gasteiger partial charge on any atom is -0.328 e. The standard InChI is InChI=1S/C13H22N4/c1-9-8-12(14)4-7-17(9)11(3)13-10(2)15-5-6-16-13/h5-6,9,11-12H,4,7-8,14H2,1-3H3. The van der Waals surface area contributed by atoms with Gasteiger partial charge < -0.3 is 5.73 Å². The van der Waals surface area contributed by atoms with Crippen molar-refractivity contribution in [2.45, 2.75) is 51.7 Å². The molecule has 2 rings (SSSR count). The van der Waals surface area contributed by atoms with Crippen molar-refractivity contribution in [2.75, 3.05) is 6.54 Å². The van der Waals surface area contributed by atoms with E-state index in [1.54, 1.807) is 12.4 Å². The van der Waals surface area contributed by atoms with Gasteiger partial charge in [-0.15, -0.1) is 0 Å². The second-order valence-electron chi connectivity index (χ2n) is 5.07. The first-order valence-corrected chi connectivity index (χ1v) is 6.38. The Kier molecular flexibility index (Phi) is 3.74. The van der Waals surface area contributed by atoms with Gasteiger partial charge in [0.2, 0.25) is 0 Å². The Bertz CT molecular complexity index is 379. The fourth-order valence-corrected chi connectivity index (χ4v) is 2.79. The maximum Gasteiger partial charge on any atom is 0.0784 e. The summed E-state index contributed by atoms with van der Waals surface area (Å²) in [5.74, 6) is 0. The Morgan fingerprint density at radius 1 is 1.41 bits per heavy atom. The van der Waals surface area contributed by atoms with E-state index in [-0.39, 0.29) is 0 Å². The summed E-state index contributed by atoms with van der Waals surface area (Å²) in [6, 6.07) is 1.21. The normalized spacial score (nSPS) is 28.0. The molecule has 0 aromatic carbocycles. The predicted molar refractivity (Wildman–Crippen MR) is 68.6 cm³/mol. The van der Waals surface area contributed by atoms with E-state index < -0.39 is 0 Å². The van der Waals surface area contributed by atoms with Crippen LogP contribution in [-0.2, 0) is 0 Å². The fourth-order valence-electron chi connectivity index (χ4n) is 2.79. The van der Waals surface area contributed by atoms with Crippen molar-refractivity contribution in [1.82, 2.24) is 14.9 Å². The smallest absolute Gasteiger partial charge is 0.0784 e. The van der Waals surface area contributed by atoms with E-state index in [9.17, 15) is 0 Å². The Morgan fingerprint density at radius 3 is 2.76 bits per heavy atom. The van der Waals surface area contributed by atoms with Gasteiger partial charge in [0.15, 0.2) is 0 Å². The van der Waals surface area contributed by atoms with Crippen LogP contribution >= 0.6 is 0 Å². The topological polar surface area (TPSA) is 55.0 Å². The predicted octanol–water partition coefficient (Wildman–Crippen LogP) is 1.66. The lowest BCUT2D eigenvalue weighted by Gasteiger charge is -2.40. The number of nitrogens with two attached hydrogens (primary N) is 1. The molecule has 0 spiro atoms. The Labute approximate surface area is 103 Å². The molecule has 0 amide bonds. The molecule has 94 valence electrons. The zero-order valence-corrected chi connectivity index (χ0v) is 10.9. The summed E-state index contributed by atoms with van der Waals surface area (Å²) in [4.78, 5) is 11.3. The molecule has 1 aromatic heterocycles. The summed E-state index contributed by atoms with van der Waals surface area (Å²) in [5, 5.41) is 0. The van der Waals surface area contributed by atoms with Crippen LogP contribution in [0.5, 0.6) is 0 Å². The largest absolute Gasteiger partial charge is 0.328 e. The molecule has 0 aliphatic carbocycles. The number of hydrogen-bond donors (Lipinski definition) is 1. The van der Waals surface area contributed by atoms with E-state index in [1.165, 1.54) is 0 Å². The molecule has 1 aliphatic heterocycles. The van der Waals surface area contributed by atoms with Crippen LogP contribution in [0.1, 0.15) is 44.1 Å². The van der Waals surface area contributed by atoms with Gasteiger partial charge in [-0.1, -0.05) is 0 Å². The molecule has 2 N–H and O–H groups in total. The molecule has 0 radical (unpaired) electrons. The van der Waals surface area contributed by atoms with E-state index in [1.807, 2.05) is 6.92 Å². The molecule has 1 saturated heterocycles. The highest BCUT2D eigenvalue weighted by Crippen LogP contribution is 2.27. The molecule has 0 saturated carbocycles. The number of likely N-dealkylation sites (tertiary alicyclic amines) is 1. The number of nitrogens with zero attached hydrogens (tertiary/aromatic N) is 3. The molecule has 0 bridgehead atoms. The molecule has 1 aliphatic rings. The van der Waals surface area contributed by atoms with Gasteiger partial charge in [-0.3, -0.25) is 14.9 Å². The van der Waals surface area contributed by atoms with Crippen molar-refractivity contribution in [3.8, 4) is 0 Å². The summed E-state index contributed by atoms with van der Waals surface area (Å²) in [5.41, 5.74) is 8.12. The minimum atomic E-state index is 0.325. The lowest BCUT2D eigenvalue weighted by Crippen LogP contribution is -2.46. The van der Waals surface area contributed by atoms with E-state index >= 15 is 0 Å². The van der Waals surface area contributed by atoms with E-state index in [0.717, 1.165) is 30.8 Å². The van der Waals surface area contributed by atoms with Crippen molar-refractivity contribution in [2.24, 2.45) is 5.73 Å². The van der Waals surface area contributed by atoms with Gasteiger partial charge in [0.05, 0.1) is 17.4 Å². The number of aromatic nitrogens is 2. The number of rotatable bonds is 2. The van der Waals surface area contributed by atoms with E-state index in [2.05, 4.69) is 28.7 Å². The van der Waals surface area contributed by atoms with Gasteiger partial charge in [0.1, 0.15) is 0 Å². The van der Waals surface area contributed by atoms with Crippen molar-refractivity contribution in [3.63, 3.8) is 0 Å². The molecule has 17 heavy (non-hydrogen) atoms. The third-order valence-electron chi connectivity index (χ3n) is 3.78. The second kappa shape index (κ2) is 5.10. The molecule has 2 heterocycles. The van der Waals surface area contributed by atoms with Crippen molar-refractivity contribution < 1.29 is 0 Å². The van der Waals surface area contributed by atoms with Crippen molar-refractivity contribution >= 4 is 0 Å². The van der Waals surface area contributed by atoms with Crippen LogP contribution in [0.15, 0.2) is 12.4 Å².